The van der Waals surface area contributed by atoms with Gasteiger partial charge in [0.25, 0.3) is 0 Å². The van der Waals surface area contributed by atoms with Crippen LogP contribution in [-0.4, -0.2) is 0 Å². The molecule has 0 spiro atoms. The maximum absolute atomic E-state index is 2.26. The molecule has 0 unspecified atom stereocenters. The molecule has 0 amide bonds. The van der Waals surface area contributed by atoms with Gasteiger partial charge in [0.1, 0.15) is 0 Å². The van der Waals surface area contributed by atoms with E-state index in [0.717, 1.165) is 8.58 Å². The minimum Gasteiger partial charge on any atom is -0.0614 e. The fourth-order valence-electron chi connectivity index (χ4n) is 1.61. The van der Waals surface area contributed by atoms with Crippen molar-refractivity contribution >= 4 is 19.2 Å². The van der Waals surface area contributed by atoms with Crippen LogP contribution in [0.15, 0.2) is 48.5 Å². The van der Waals surface area contributed by atoms with Gasteiger partial charge in [-0.1, -0.05) is 68.2 Å². The molecule has 0 atom stereocenters. The Morgan fingerprint density at radius 1 is 0.733 bits per heavy atom. The Morgan fingerprint density at radius 3 is 1.60 bits per heavy atom. The molecule has 0 aliphatic rings. The highest BCUT2D eigenvalue weighted by molar-refractivity contribution is 7.55. The van der Waals surface area contributed by atoms with Gasteiger partial charge in [0, 0.05) is 0 Å². The van der Waals surface area contributed by atoms with E-state index in [1.165, 1.54) is 21.7 Å². The molecule has 0 N–H and O–H groups in total. The van der Waals surface area contributed by atoms with Crippen molar-refractivity contribution in [1.82, 2.24) is 0 Å². The van der Waals surface area contributed by atoms with Crippen molar-refractivity contribution in [3.05, 3.63) is 59.7 Å². The Kier molecular flexibility index (Phi) is 3.18. The lowest BCUT2D eigenvalue weighted by Crippen LogP contribution is -2.03. The zero-order chi connectivity index (χ0) is 10.7. The molecule has 1 heteroatoms. The summed E-state index contributed by atoms with van der Waals surface area (Å²) in [6.45, 7) is 4.29. The molecule has 0 aromatic heterocycles. The molecular formula is C14H15P. The third-order valence-electron chi connectivity index (χ3n) is 2.32. The van der Waals surface area contributed by atoms with Crippen LogP contribution in [0.5, 0.6) is 0 Å². The normalized spacial score (nSPS) is 10.3. The van der Waals surface area contributed by atoms with Gasteiger partial charge in [0.05, 0.1) is 0 Å². The highest BCUT2D eigenvalue weighted by atomic mass is 31.1. The van der Waals surface area contributed by atoms with Gasteiger partial charge >= 0.3 is 0 Å². The SMILES string of the molecule is Cc1cccc(Pc2cccc(C)c2)c1. The van der Waals surface area contributed by atoms with Crippen LogP contribution in [0, 0.1) is 13.8 Å². The Bertz CT molecular complexity index is 417. The van der Waals surface area contributed by atoms with Gasteiger partial charge in [-0.05, 0) is 24.5 Å². The van der Waals surface area contributed by atoms with Crippen LogP contribution in [0.1, 0.15) is 11.1 Å². The Labute approximate surface area is 93.1 Å². The summed E-state index contributed by atoms with van der Waals surface area (Å²) in [6.07, 6.45) is 0. The van der Waals surface area contributed by atoms with Crippen molar-refractivity contribution in [3.8, 4) is 0 Å². The lowest BCUT2D eigenvalue weighted by molar-refractivity contribution is 1.49. The van der Waals surface area contributed by atoms with E-state index < -0.39 is 0 Å². The van der Waals surface area contributed by atoms with Crippen molar-refractivity contribution in [3.63, 3.8) is 0 Å². The van der Waals surface area contributed by atoms with Gasteiger partial charge in [0.15, 0.2) is 0 Å². The van der Waals surface area contributed by atoms with E-state index in [1.807, 2.05) is 0 Å². The van der Waals surface area contributed by atoms with E-state index in [4.69, 9.17) is 0 Å². The maximum atomic E-state index is 2.26. The first-order chi connectivity index (χ1) is 7.24. The van der Waals surface area contributed by atoms with Crippen molar-refractivity contribution in [2.45, 2.75) is 13.8 Å². The molecule has 0 aliphatic heterocycles. The molecule has 2 aromatic rings. The van der Waals surface area contributed by atoms with Gasteiger partial charge < -0.3 is 0 Å². The van der Waals surface area contributed by atoms with E-state index in [-0.39, 0.29) is 0 Å². The van der Waals surface area contributed by atoms with Gasteiger partial charge in [-0.25, -0.2) is 0 Å². The lowest BCUT2D eigenvalue weighted by Gasteiger charge is -2.04. The summed E-state index contributed by atoms with van der Waals surface area (Å²) in [5.74, 6) is 0. The van der Waals surface area contributed by atoms with Crippen LogP contribution in [0.25, 0.3) is 0 Å². The Balaban J connectivity index is 2.22. The van der Waals surface area contributed by atoms with E-state index >= 15 is 0 Å². The second kappa shape index (κ2) is 4.59. The van der Waals surface area contributed by atoms with Crippen LogP contribution < -0.4 is 10.6 Å². The standard InChI is InChI=1S/C14H15P/c1-11-5-3-7-13(9-11)15-14-8-4-6-12(2)10-14/h3-10,15H,1-2H3. The maximum Gasteiger partial charge on any atom is -0.0224 e. The summed E-state index contributed by atoms with van der Waals surface area (Å²) in [4.78, 5) is 0. The average molecular weight is 214 g/mol. The van der Waals surface area contributed by atoms with Crippen LogP contribution in [0.2, 0.25) is 0 Å². The predicted octanol–water partition coefficient (Wildman–Crippen LogP) is 2.93. The number of hydrogen-bond acceptors (Lipinski definition) is 0. The topological polar surface area (TPSA) is 0 Å². The van der Waals surface area contributed by atoms with Crippen molar-refractivity contribution < 1.29 is 0 Å². The zero-order valence-electron chi connectivity index (χ0n) is 9.12. The summed E-state index contributed by atoms with van der Waals surface area (Å²) in [5, 5.41) is 2.83. The minimum absolute atomic E-state index is 0.770. The third-order valence-corrected chi connectivity index (χ3v) is 3.52. The molecule has 0 radical (unpaired) electrons. The number of hydrogen-bond donors (Lipinski definition) is 0. The van der Waals surface area contributed by atoms with Crippen LogP contribution >= 0.6 is 8.58 Å². The number of rotatable bonds is 2. The van der Waals surface area contributed by atoms with Crippen LogP contribution in [-0.2, 0) is 0 Å². The molecule has 0 saturated heterocycles. The first-order valence-corrected chi connectivity index (χ1v) is 6.14. The summed E-state index contributed by atoms with van der Waals surface area (Å²) >= 11 is 0. The molecule has 15 heavy (non-hydrogen) atoms. The lowest BCUT2D eigenvalue weighted by atomic mass is 10.2. The van der Waals surface area contributed by atoms with Gasteiger partial charge in [-0.2, -0.15) is 0 Å². The van der Waals surface area contributed by atoms with Crippen molar-refractivity contribution in [2.75, 3.05) is 0 Å². The van der Waals surface area contributed by atoms with E-state index in [2.05, 4.69) is 62.4 Å². The largest absolute Gasteiger partial charge is 0.0614 e. The molecular weight excluding hydrogens is 199 g/mol. The summed E-state index contributed by atoms with van der Waals surface area (Å²) in [7, 11) is 0.770. The fraction of sp³-hybridized carbons (Fsp3) is 0.143. The van der Waals surface area contributed by atoms with E-state index in [1.54, 1.807) is 0 Å². The molecule has 2 rings (SSSR count). The molecule has 76 valence electrons. The summed E-state index contributed by atoms with van der Waals surface area (Å²) in [6, 6.07) is 17.5. The van der Waals surface area contributed by atoms with Crippen molar-refractivity contribution in [2.24, 2.45) is 0 Å². The molecule has 2 aromatic carbocycles. The quantitative estimate of drug-likeness (QED) is 0.674. The predicted molar refractivity (Wildman–Crippen MR) is 69.9 cm³/mol. The molecule has 0 aliphatic carbocycles. The second-order valence-electron chi connectivity index (χ2n) is 3.86. The van der Waals surface area contributed by atoms with Gasteiger partial charge in [-0.3, -0.25) is 0 Å². The molecule has 0 nitrogen and oxygen atoms in total. The second-order valence-corrected chi connectivity index (χ2v) is 5.27. The first-order valence-electron chi connectivity index (χ1n) is 5.14. The van der Waals surface area contributed by atoms with Crippen LogP contribution in [0.3, 0.4) is 0 Å². The Morgan fingerprint density at radius 2 is 1.20 bits per heavy atom. The minimum atomic E-state index is 0.770. The monoisotopic (exact) mass is 214 g/mol. The average Bonchev–Trinajstić information content (AvgIpc) is 2.17. The highest BCUT2D eigenvalue weighted by Crippen LogP contribution is 2.12. The van der Waals surface area contributed by atoms with Crippen LogP contribution in [0.4, 0.5) is 0 Å². The molecule has 0 heterocycles. The smallest absolute Gasteiger partial charge is 0.0224 e. The van der Waals surface area contributed by atoms with Gasteiger partial charge in [-0.15, -0.1) is 0 Å². The molecule has 0 bridgehead atoms. The molecule has 0 fully saturated rings. The summed E-state index contributed by atoms with van der Waals surface area (Å²) in [5.41, 5.74) is 2.68. The van der Waals surface area contributed by atoms with E-state index in [0.29, 0.717) is 0 Å². The van der Waals surface area contributed by atoms with Gasteiger partial charge in [0.2, 0.25) is 0 Å². The zero-order valence-corrected chi connectivity index (χ0v) is 10.1. The number of aryl methyl sites for hydroxylation is 2. The third kappa shape index (κ3) is 2.91. The van der Waals surface area contributed by atoms with Crippen molar-refractivity contribution in [1.29, 1.82) is 0 Å². The van der Waals surface area contributed by atoms with E-state index in [9.17, 15) is 0 Å². The fourth-order valence-corrected chi connectivity index (χ4v) is 2.90. The Hall–Kier alpha value is -1.13. The first kappa shape index (κ1) is 10.4. The summed E-state index contributed by atoms with van der Waals surface area (Å²) < 4.78 is 0. The highest BCUT2D eigenvalue weighted by Gasteiger charge is 1.96. The molecule has 0 saturated carbocycles. The number of benzene rings is 2.